The summed E-state index contributed by atoms with van der Waals surface area (Å²) in [5.74, 6) is 3.59. The smallest absolute Gasteiger partial charge is 0.180 e. The SMILES string of the molecule is COc1cc(CN[C@H](C)C23CC4CC(CC(C4)C2)C3)cc(Cl)c1OCc1ccccc1F. The first-order chi connectivity index (χ1) is 15.5. The lowest BCUT2D eigenvalue weighted by Gasteiger charge is -2.59. The summed E-state index contributed by atoms with van der Waals surface area (Å²) in [5.41, 5.74) is 2.02. The van der Waals surface area contributed by atoms with Crippen molar-refractivity contribution in [2.75, 3.05) is 7.11 Å². The number of ether oxygens (including phenoxy) is 2. The normalized spacial score (nSPS) is 29.2. The minimum Gasteiger partial charge on any atom is -0.493 e. The summed E-state index contributed by atoms with van der Waals surface area (Å²) in [6, 6.07) is 11.0. The van der Waals surface area contributed by atoms with Gasteiger partial charge < -0.3 is 14.8 Å². The molecule has 0 unspecified atom stereocenters. The van der Waals surface area contributed by atoms with Crippen LogP contribution in [0.1, 0.15) is 56.6 Å². The summed E-state index contributed by atoms with van der Waals surface area (Å²) >= 11 is 6.56. The molecule has 3 nitrogen and oxygen atoms in total. The average molecular weight is 458 g/mol. The third-order valence-corrected chi connectivity index (χ3v) is 8.52. The molecule has 0 radical (unpaired) electrons. The third kappa shape index (κ3) is 4.24. The number of nitrogens with one attached hydrogen (secondary N) is 1. The molecule has 0 saturated heterocycles. The maximum atomic E-state index is 13.9. The van der Waals surface area contributed by atoms with E-state index in [1.165, 1.54) is 44.6 Å². The first-order valence-corrected chi connectivity index (χ1v) is 12.3. The Hall–Kier alpha value is -1.78. The Morgan fingerprint density at radius 2 is 1.75 bits per heavy atom. The summed E-state index contributed by atoms with van der Waals surface area (Å²) in [6.45, 7) is 3.22. The summed E-state index contributed by atoms with van der Waals surface area (Å²) in [4.78, 5) is 0. The first kappa shape index (κ1) is 22.0. The topological polar surface area (TPSA) is 30.5 Å². The Balaban J connectivity index is 1.25. The van der Waals surface area contributed by atoms with Gasteiger partial charge in [0, 0.05) is 18.2 Å². The zero-order chi connectivity index (χ0) is 22.3. The fourth-order valence-electron chi connectivity index (χ4n) is 6.98. The summed E-state index contributed by atoms with van der Waals surface area (Å²) < 4.78 is 25.3. The molecule has 172 valence electrons. The summed E-state index contributed by atoms with van der Waals surface area (Å²) in [5, 5.41) is 4.30. The lowest BCUT2D eigenvalue weighted by molar-refractivity contribution is -0.0706. The van der Waals surface area contributed by atoms with Gasteiger partial charge in [0.1, 0.15) is 12.4 Å². The molecule has 0 aromatic heterocycles. The van der Waals surface area contributed by atoms with Gasteiger partial charge in [-0.05, 0) is 92.4 Å². The minimum atomic E-state index is -0.290. The molecule has 1 atom stereocenters. The van der Waals surface area contributed by atoms with E-state index in [1.807, 2.05) is 12.1 Å². The minimum absolute atomic E-state index is 0.101. The third-order valence-electron chi connectivity index (χ3n) is 8.24. The predicted octanol–water partition coefficient (Wildman–Crippen LogP) is 6.76. The Morgan fingerprint density at radius 3 is 2.38 bits per heavy atom. The monoisotopic (exact) mass is 457 g/mol. The van der Waals surface area contributed by atoms with E-state index in [0.717, 1.165) is 29.9 Å². The quantitative estimate of drug-likeness (QED) is 0.475. The lowest BCUT2D eigenvalue weighted by Crippen LogP contribution is -2.54. The predicted molar refractivity (Wildman–Crippen MR) is 126 cm³/mol. The molecular weight excluding hydrogens is 425 g/mol. The van der Waals surface area contributed by atoms with E-state index >= 15 is 0 Å². The van der Waals surface area contributed by atoms with Crippen LogP contribution in [-0.4, -0.2) is 13.2 Å². The van der Waals surface area contributed by atoms with Crippen molar-refractivity contribution >= 4 is 11.6 Å². The number of hydrogen-bond acceptors (Lipinski definition) is 3. The largest absolute Gasteiger partial charge is 0.493 e. The fraction of sp³-hybridized carbons (Fsp3) is 0.556. The van der Waals surface area contributed by atoms with Crippen LogP contribution in [0.3, 0.4) is 0 Å². The van der Waals surface area contributed by atoms with Crippen molar-refractivity contribution in [3.8, 4) is 11.5 Å². The number of methoxy groups -OCH3 is 1. The Bertz CT molecular complexity index is 943. The van der Waals surface area contributed by atoms with Crippen molar-refractivity contribution in [2.24, 2.45) is 23.2 Å². The Morgan fingerprint density at radius 1 is 1.09 bits per heavy atom. The number of benzene rings is 2. The van der Waals surface area contributed by atoms with Gasteiger partial charge in [0.25, 0.3) is 0 Å². The molecule has 4 saturated carbocycles. The van der Waals surface area contributed by atoms with Crippen LogP contribution >= 0.6 is 11.6 Å². The van der Waals surface area contributed by atoms with E-state index in [1.54, 1.807) is 25.3 Å². The average Bonchev–Trinajstić information content (AvgIpc) is 2.76. The standard InChI is InChI=1S/C27H33ClFNO2/c1-17(27-12-18-7-19(13-27)9-20(8-18)14-27)30-15-21-10-23(28)26(25(11-21)31-2)32-16-22-5-3-4-6-24(22)29/h3-6,10-11,17-20,30H,7-9,12-16H2,1-2H3/t17-,18?,19?,20?,27?/m1/s1. The highest BCUT2D eigenvalue weighted by atomic mass is 35.5. The highest BCUT2D eigenvalue weighted by Crippen LogP contribution is 2.61. The Kier molecular flexibility index (Phi) is 6.11. The van der Waals surface area contributed by atoms with Gasteiger partial charge in [-0.2, -0.15) is 0 Å². The number of halogens is 2. The molecule has 0 heterocycles. The molecule has 4 aliphatic rings. The van der Waals surface area contributed by atoms with E-state index in [9.17, 15) is 4.39 Å². The molecule has 2 aromatic rings. The number of hydrogen-bond donors (Lipinski definition) is 1. The van der Waals surface area contributed by atoms with Gasteiger partial charge in [-0.1, -0.05) is 29.8 Å². The van der Waals surface area contributed by atoms with Gasteiger partial charge >= 0.3 is 0 Å². The highest BCUT2D eigenvalue weighted by Gasteiger charge is 2.52. The molecule has 0 amide bonds. The number of rotatable bonds is 8. The fourth-order valence-corrected chi connectivity index (χ4v) is 7.26. The van der Waals surface area contributed by atoms with Crippen molar-refractivity contribution in [1.29, 1.82) is 0 Å². The van der Waals surface area contributed by atoms with Crippen LogP contribution < -0.4 is 14.8 Å². The van der Waals surface area contributed by atoms with E-state index < -0.39 is 0 Å². The second kappa shape index (κ2) is 8.87. The maximum absolute atomic E-state index is 13.9. The molecule has 4 bridgehead atoms. The van der Waals surface area contributed by atoms with Crippen molar-refractivity contribution in [1.82, 2.24) is 5.32 Å². The lowest BCUT2D eigenvalue weighted by atomic mass is 9.48. The van der Waals surface area contributed by atoms with Gasteiger partial charge in [-0.15, -0.1) is 0 Å². The van der Waals surface area contributed by atoms with Gasteiger partial charge in [-0.3, -0.25) is 0 Å². The Labute approximate surface area is 195 Å². The van der Waals surface area contributed by atoms with Crippen LogP contribution in [-0.2, 0) is 13.2 Å². The highest BCUT2D eigenvalue weighted by molar-refractivity contribution is 6.32. The van der Waals surface area contributed by atoms with Crippen LogP contribution in [0.4, 0.5) is 4.39 Å². The molecule has 5 heteroatoms. The zero-order valence-corrected chi connectivity index (χ0v) is 19.8. The molecule has 1 N–H and O–H groups in total. The molecule has 32 heavy (non-hydrogen) atoms. The molecule has 0 spiro atoms. The maximum Gasteiger partial charge on any atom is 0.180 e. The van der Waals surface area contributed by atoms with E-state index in [-0.39, 0.29) is 12.4 Å². The molecule has 4 fully saturated rings. The molecule has 0 aliphatic heterocycles. The van der Waals surface area contributed by atoms with E-state index in [2.05, 4.69) is 12.2 Å². The van der Waals surface area contributed by atoms with Crippen molar-refractivity contribution in [2.45, 2.75) is 64.6 Å². The summed E-state index contributed by atoms with van der Waals surface area (Å²) in [6.07, 6.45) is 8.56. The molecular formula is C27H33ClFNO2. The van der Waals surface area contributed by atoms with E-state index in [0.29, 0.717) is 33.5 Å². The van der Waals surface area contributed by atoms with Gasteiger partial charge in [0.15, 0.2) is 11.5 Å². The van der Waals surface area contributed by atoms with Gasteiger partial charge in [0.2, 0.25) is 0 Å². The second-order valence-electron chi connectivity index (χ2n) is 10.4. The van der Waals surface area contributed by atoms with Gasteiger partial charge in [-0.25, -0.2) is 4.39 Å². The van der Waals surface area contributed by atoms with Gasteiger partial charge in [0.05, 0.1) is 12.1 Å². The van der Waals surface area contributed by atoms with Crippen molar-refractivity contribution in [3.05, 3.63) is 58.4 Å². The molecule has 2 aromatic carbocycles. The molecule has 6 rings (SSSR count). The first-order valence-electron chi connectivity index (χ1n) is 11.9. The van der Waals surface area contributed by atoms with Crippen LogP contribution in [0.2, 0.25) is 5.02 Å². The zero-order valence-electron chi connectivity index (χ0n) is 19.0. The molecule has 4 aliphatic carbocycles. The van der Waals surface area contributed by atoms with Crippen LogP contribution in [0, 0.1) is 29.0 Å². The van der Waals surface area contributed by atoms with Crippen molar-refractivity contribution < 1.29 is 13.9 Å². The van der Waals surface area contributed by atoms with E-state index in [4.69, 9.17) is 21.1 Å². The summed E-state index contributed by atoms with van der Waals surface area (Å²) in [7, 11) is 1.61. The second-order valence-corrected chi connectivity index (χ2v) is 10.8. The van der Waals surface area contributed by atoms with Crippen LogP contribution in [0.25, 0.3) is 0 Å². The van der Waals surface area contributed by atoms with Crippen LogP contribution in [0.5, 0.6) is 11.5 Å². The van der Waals surface area contributed by atoms with Crippen LogP contribution in [0.15, 0.2) is 36.4 Å². The van der Waals surface area contributed by atoms with Crippen molar-refractivity contribution in [3.63, 3.8) is 0 Å².